The van der Waals surface area contributed by atoms with E-state index in [9.17, 15) is 4.79 Å². The molecule has 1 aromatic carbocycles. The van der Waals surface area contributed by atoms with Crippen molar-refractivity contribution in [3.8, 4) is 17.2 Å². The molecule has 30 heavy (non-hydrogen) atoms. The quantitative estimate of drug-likeness (QED) is 0.644. The second-order valence-corrected chi connectivity index (χ2v) is 8.04. The van der Waals surface area contributed by atoms with Crippen molar-refractivity contribution in [1.29, 1.82) is 0 Å². The summed E-state index contributed by atoms with van der Waals surface area (Å²) in [6, 6.07) is 4.69. The molecular weight excluding hydrogens is 384 g/mol. The van der Waals surface area contributed by atoms with Gasteiger partial charge in [0, 0.05) is 51.4 Å². The van der Waals surface area contributed by atoms with Crippen molar-refractivity contribution in [2.75, 3.05) is 47.6 Å². The van der Waals surface area contributed by atoms with Crippen LogP contribution in [-0.4, -0.2) is 75.4 Å². The average Bonchev–Trinajstić information content (AvgIpc) is 2.80. The average molecular weight is 421 g/mol. The summed E-state index contributed by atoms with van der Waals surface area (Å²) in [5.41, 5.74) is 1.13. The summed E-state index contributed by atoms with van der Waals surface area (Å²) >= 11 is 0. The predicted octanol–water partition coefficient (Wildman–Crippen LogP) is 3.09. The van der Waals surface area contributed by atoms with Crippen molar-refractivity contribution in [1.82, 2.24) is 9.80 Å². The number of likely N-dealkylation sites (tertiary alicyclic amines) is 1. The number of benzene rings is 1. The van der Waals surface area contributed by atoms with Gasteiger partial charge in [0.05, 0.1) is 21.3 Å². The minimum absolute atomic E-state index is 0.282. The number of rotatable bonds is 8. The molecule has 168 valence electrons. The summed E-state index contributed by atoms with van der Waals surface area (Å²) in [5, 5.41) is 0. The number of ether oxygens (including phenoxy) is 4. The molecular formula is C23H36N2O5. The van der Waals surface area contributed by atoms with Gasteiger partial charge >= 0.3 is 0 Å². The zero-order valence-corrected chi connectivity index (χ0v) is 18.8. The first kappa shape index (κ1) is 22.7. The van der Waals surface area contributed by atoms with Gasteiger partial charge in [-0.3, -0.25) is 9.69 Å². The van der Waals surface area contributed by atoms with Crippen molar-refractivity contribution in [2.24, 2.45) is 0 Å². The standard InChI is InChI=1S/C23H36N2O5/c1-5-22(26)25(19-8-12-30-13-9-19)18-6-10-24(11-7-18)16-17-14-20(27-2)23(29-4)21(15-17)28-3/h14-15,18-19H,5-13,16H2,1-4H3. The Morgan fingerprint density at radius 1 is 1.00 bits per heavy atom. The highest BCUT2D eigenvalue weighted by Crippen LogP contribution is 2.38. The van der Waals surface area contributed by atoms with Gasteiger partial charge in [0.2, 0.25) is 11.7 Å². The van der Waals surface area contributed by atoms with Crippen LogP contribution in [-0.2, 0) is 16.1 Å². The van der Waals surface area contributed by atoms with Crippen LogP contribution in [0.2, 0.25) is 0 Å². The van der Waals surface area contributed by atoms with E-state index in [2.05, 4.69) is 9.80 Å². The summed E-state index contributed by atoms with van der Waals surface area (Å²) in [7, 11) is 4.90. The van der Waals surface area contributed by atoms with Crippen molar-refractivity contribution in [3.63, 3.8) is 0 Å². The Balaban J connectivity index is 1.64. The van der Waals surface area contributed by atoms with E-state index in [1.54, 1.807) is 21.3 Å². The molecule has 0 N–H and O–H groups in total. The lowest BCUT2D eigenvalue weighted by atomic mass is 9.97. The lowest BCUT2D eigenvalue weighted by molar-refractivity contribution is -0.139. The summed E-state index contributed by atoms with van der Waals surface area (Å²) < 4.78 is 21.9. The molecule has 7 nitrogen and oxygen atoms in total. The zero-order chi connectivity index (χ0) is 21.5. The number of hydrogen-bond acceptors (Lipinski definition) is 6. The Labute approximate surface area is 180 Å². The number of carbonyl (C=O) groups is 1. The van der Waals surface area contributed by atoms with Crippen LogP contribution < -0.4 is 14.2 Å². The molecule has 0 radical (unpaired) electrons. The summed E-state index contributed by atoms with van der Waals surface area (Å²) in [6.45, 7) is 6.25. The first-order valence-corrected chi connectivity index (χ1v) is 11.0. The number of hydrogen-bond donors (Lipinski definition) is 0. The molecule has 0 aromatic heterocycles. The van der Waals surface area contributed by atoms with Gasteiger partial charge in [-0.25, -0.2) is 0 Å². The first-order valence-electron chi connectivity index (χ1n) is 11.0. The number of nitrogens with zero attached hydrogens (tertiary/aromatic N) is 2. The van der Waals surface area contributed by atoms with Crippen LogP contribution in [0.5, 0.6) is 17.2 Å². The van der Waals surface area contributed by atoms with E-state index >= 15 is 0 Å². The van der Waals surface area contributed by atoms with Gasteiger partial charge in [-0.1, -0.05) is 6.92 Å². The van der Waals surface area contributed by atoms with Crippen LogP contribution in [0, 0.1) is 0 Å². The van der Waals surface area contributed by atoms with Crippen molar-refractivity contribution < 1.29 is 23.7 Å². The summed E-state index contributed by atoms with van der Waals surface area (Å²) in [5.74, 6) is 2.26. The zero-order valence-electron chi connectivity index (χ0n) is 18.8. The molecule has 3 rings (SSSR count). The minimum atomic E-state index is 0.282. The van der Waals surface area contributed by atoms with E-state index in [1.807, 2.05) is 19.1 Å². The van der Waals surface area contributed by atoms with Gasteiger partial charge in [-0.05, 0) is 43.4 Å². The van der Waals surface area contributed by atoms with Crippen molar-refractivity contribution >= 4 is 5.91 Å². The van der Waals surface area contributed by atoms with Gasteiger partial charge < -0.3 is 23.8 Å². The van der Waals surface area contributed by atoms with Gasteiger partial charge in [0.15, 0.2) is 11.5 Å². The van der Waals surface area contributed by atoms with E-state index in [4.69, 9.17) is 18.9 Å². The molecule has 2 fully saturated rings. The normalized spacial score (nSPS) is 18.8. The van der Waals surface area contributed by atoms with Crippen molar-refractivity contribution in [3.05, 3.63) is 17.7 Å². The minimum Gasteiger partial charge on any atom is -0.493 e. The summed E-state index contributed by atoms with van der Waals surface area (Å²) in [6.07, 6.45) is 4.50. The third-order valence-electron chi connectivity index (χ3n) is 6.26. The van der Waals surface area contributed by atoms with Crippen LogP contribution in [0.4, 0.5) is 0 Å². The van der Waals surface area contributed by atoms with E-state index in [-0.39, 0.29) is 5.91 Å². The molecule has 2 aliphatic rings. The Bertz CT molecular complexity index is 672. The van der Waals surface area contributed by atoms with E-state index in [0.29, 0.717) is 35.8 Å². The Morgan fingerprint density at radius 3 is 2.07 bits per heavy atom. The smallest absolute Gasteiger partial charge is 0.222 e. The highest BCUT2D eigenvalue weighted by atomic mass is 16.5. The van der Waals surface area contributed by atoms with E-state index in [0.717, 1.165) is 64.1 Å². The Kier molecular flexibility index (Phi) is 8.22. The maximum absolute atomic E-state index is 12.7. The molecule has 1 amide bonds. The van der Waals surface area contributed by atoms with Crippen molar-refractivity contribution in [2.45, 2.75) is 57.7 Å². The molecule has 0 bridgehead atoms. The molecule has 7 heteroatoms. The highest BCUT2D eigenvalue weighted by Gasteiger charge is 2.33. The van der Waals surface area contributed by atoms with Gasteiger partial charge in [-0.15, -0.1) is 0 Å². The third kappa shape index (κ3) is 5.19. The van der Waals surface area contributed by atoms with Crippen LogP contribution >= 0.6 is 0 Å². The van der Waals surface area contributed by atoms with Gasteiger partial charge in [0.1, 0.15) is 0 Å². The van der Waals surface area contributed by atoms with E-state index in [1.165, 1.54) is 0 Å². The molecule has 2 saturated heterocycles. The molecule has 0 unspecified atom stereocenters. The Hall–Kier alpha value is -1.99. The number of amides is 1. The second-order valence-electron chi connectivity index (χ2n) is 8.04. The molecule has 2 heterocycles. The number of methoxy groups -OCH3 is 3. The number of carbonyl (C=O) groups excluding carboxylic acids is 1. The monoisotopic (exact) mass is 420 g/mol. The predicted molar refractivity (Wildman–Crippen MR) is 115 cm³/mol. The molecule has 0 saturated carbocycles. The van der Waals surface area contributed by atoms with Crippen LogP contribution in [0.25, 0.3) is 0 Å². The molecule has 0 spiro atoms. The lowest BCUT2D eigenvalue weighted by Crippen LogP contribution is -2.52. The fourth-order valence-corrected chi connectivity index (χ4v) is 4.69. The second kappa shape index (κ2) is 10.9. The van der Waals surface area contributed by atoms with Gasteiger partial charge in [-0.2, -0.15) is 0 Å². The third-order valence-corrected chi connectivity index (χ3v) is 6.26. The highest BCUT2D eigenvalue weighted by molar-refractivity contribution is 5.76. The van der Waals surface area contributed by atoms with Gasteiger partial charge in [0.25, 0.3) is 0 Å². The SMILES string of the molecule is CCC(=O)N(C1CCOCC1)C1CCN(Cc2cc(OC)c(OC)c(OC)c2)CC1. The van der Waals surface area contributed by atoms with Crippen LogP contribution in [0.3, 0.4) is 0 Å². The van der Waals surface area contributed by atoms with Crippen LogP contribution in [0.1, 0.15) is 44.6 Å². The molecule has 0 atom stereocenters. The maximum atomic E-state index is 12.7. The van der Waals surface area contributed by atoms with Crippen LogP contribution in [0.15, 0.2) is 12.1 Å². The number of piperidine rings is 1. The molecule has 0 aliphatic carbocycles. The fraction of sp³-hybridized carbons (Fsp3) is 0.696. The maximum Gasteiger partial charge on any atom is 0.222 e. The largest absolute Gasteiger partial charge is 0.493 e. The molecule has 2 aliphatic heterocycles. The summed E-state index contributed by atoms with van der Waals surface area (Å²) in [4.78, 5) is 17.4. The topological polar surface area (TPSA) is 60.5 Å². The Morgan fingerprint density at radius 2 is 1.57 bits per heavy atom. The first-order chi connectivity index (χ1) is 14.6. The fourth-order valence-electron chi connectivity index (χ4n) is 4.69. The lowest BCUT2D eigenvalue weighted by Gasteiger charge is -2.43. The molecule has 1 aromatic rings. The van der Waals surface area contributed by atoms with E-state index < -0.39 is 0 Å².